The average Bonchev–Trinajstić information content (AvgIpc) is 2.57. The van der Waals surface area contributed by atoms with Gasteiger partial charge in [0, 0.05) is 18.3 Å². The van der Waals surface area contributed by atoms with Crippen molar-refractivity contribution < 1.29 is 4.39 Å². The maximum absolute atomic E-state index is 13.2. The zero-order valence-electron chi connectivity index (χ0n) is 12.9. The second kappa shape index (κ2) is 6.95. The molecule has 1 fully saturated rings. The van der Waals surface area contributed by atoms with Crippen molar-refractivity contribution in [1.29, 1.82) is 0 Å². The Bertz CT molecular complexity index is 578. The molecule has 1 heterocycles. The number of nitrogens with zero attached hydrogens (tertiary/aromatic N) is 1. The topological polar surface area (TPSA) is 3.24 Å². The fraction of sp³-hybridized carbons (Fsp3) is 0.350. The summed E-state index contributed by atoms with van der Waals surface area (Å²) in [7, 11) is 0. The summed E-state index contributed by atoms with van der Waals surface area (Å²) in [5.74, 6) is 0.450. The molecule has 1 aliphatic heterocycles. The molecule has 0 N–H and O–H groups in total. The van der Waals surface area contributed by atoms with Gasteiger partial charge in [-0.15, -0.1) is 0 Å². The van der Waals surface area contributed by atoms with E-state index in [9.17, 15) is 4.39 Å². The molecule has 1 saturated heterocycles. The molecule has 1 nitrogen and oxygen atoms in total. The molecular weight excluding hydrogens is 273 g/mol. The standard InChI is InChI=1S/C20H23FN/c1-2-6-20-15-17(16-7-4-3-5-8-16)13-14-22(20)19-11-9-18(21)10-12-19/h3-5,7-12,17,20H,1-2,6,13-15H2. The molecule has 22 heavy (non-hydrogen) atoms. The van der Waals surface area contributed by atoms with Gasteiger partial charge in [0.15, 0.2) is 0 Å². The van der Waals surface area contributed by atoms with Crippen LogP contribution in [0.15, 0.2) is 54.6 Å². The Kier molecular flexibility index (Phi) is 4.77. The van der Waals surface area contributed by atoms with Crippen molar-refractivity contribution in [3.8, 4) is 0 Å². The Balaban J connectivity index is 1.78. The molecule has 0 amide bonds. The van der Waals surface area contributed by atoms with Gasteiger partial charge in [0.1, 0.15) is 5.82 Å². The number of hydrogen-bond acceptors (Lipinski definition) is 1. The van der Waals surface area contributed by atoms with Crippen molar-refractivity contribution in [1.82, 2.24) is 0 Å². The normalized spacial score (nSPS) is 21.8. The van der Waals surface area contributed by atoms with Gasteiger partial charge in [0.2, 0.25) is 0 Å². The minimum absolute atomic E-state index is 0.170. The zero-order valence-corrected chi connectivity index (χ0v) is 12.9. The van der Waals surface area contributed by atoms with Gasteiger partial charge in [-0.1, -0.05) is 43.7 Å². The van der Waals surface area contributed by atoms with Crippen LogP contribution in [0.25, 0.3) is 0 Å². The molecule has 2 unspecified atom stereocenters. The third kappa shape index (κ3) is 3.32. The highest BCUT2D eigenvalue weighted by molar-refractivity contribution is 5.48. The van der Waals surface area contributed by atoms with Crippen LogP contribution in [0.5, 0.6) is 0 Å². The summed E-state index contributed by atoms with van der Waals surface area (Å²) < 4.78 is 13.2. The predicted molar refractivity (Wildman–Crippen MR) is 90.5 cm³/mol. The van der Waals surface area contributed by atoms with Gasteiger partial charge in [0.05, 0.1) is 0 Å². The van der Waals surface area contributed by atoms with Crippen molar-refractivity contribution in [2.24, 2.45) is 0 Å². The summed E-state index contributed by atoms with van der Waals surface area (Å²) >= 11 is 0. The molecule has 0 saturated carbocycles. The highest BCUT2D eigenvalue weighted by Crippen LogP contribution is 2.35. The Morgan fingerprint density at radius 3 is 2.45 bits per heavy atom. The van der Waals surface area contributed by atoms with E-state index in [1.807, 2.05) is 12.1 Å². The first kappa shape index (κ1) is 15.1. The first-order valence-electron chi connectivity index (χ1n) is 8.14. The van der Waals surface area contributed by atoms with Crippen LogP contribution < -0.4 is 4.90 Å². The summed E-state index contributed by atoms with van der Waals surface area (Å²) in [4.78, 5) is 2.43. The summed E-state index contributed by atoms with van der Waals surface area (Å²) in [6.07, 6.45) is 4.32. The molecule has 2 atom stereocenters. The Morgan fingerprint density at radius 1 is 1.05 bits per heavy atom. The lowest BCUT2D eigenvalue weighted by molar-refractivity contribution is 0.396. The van der Waals surface area contributed by atoms with E-state index in [1.54, 1.807) is 12.1 Å². The molecule has 2 heteroatoms. The van der Waals surface area contributed by atoms with Gasteiger partial charge in [-0.25, -0.2) is 4.39 Å². The number of hydrogen-bond donors (Lipinski definition) is 0. The minimum Gasteiger partial charge on any atom is -0.369 e. The van der Waals surface area contributed by atoms with Crippen LogP contribution in [0, 0.1) is 12.7 Å². The Morgan fingerprint density at radius 2 is 1.77 bits per heavy atom. The highest BCUT2D eigenvalue weighted by Gasteiger charge is 2.28. The lowest BCUT2D eigenvalue weighted by atomic mass is 9.83. The van der Waals surface area contributed by atoms with Crippen LogP contribution in [0.4, 0.5) is 10.1 Å². The number of piperidine rings is 1. The predicted octanol–water partition coefficient (Wildman–Crippen LogP) is 5.19. The molecule has 0 bridgehead atoms. The molecule has 3 rings (SSSR count). The van der Waals surface area contributed by atoms with Crippen LogP contribution in [0.3, 0.4) is 0 Å². The third-order valence-corrected chi connectivity index (χ3v) is 4.68. The molecule has 1 radical (unpaired) electrons. The van der Waals surface area contributed by atoms with Crippen LogP contribution in [0.2, 0.25) is 0 Å². The number of anilines is 1. The van der Waals surface area contributed by atoms with Crippen molar-refractivity contribution >= 4 is 5.69 Å². The minimum atomic E-state index is -0.170. The second-order valence-electron chi connectivity index (χ2n) is 6.10. The Hall–Kier alpha value is -1.83. The summed E-state index contributed by atoms with van der Waals surface area (Å²) in [6.45, 7) is 5.06. The van der Waals surface area contributed by atoms with E-state index in [0.29, 0.717) is 12.0 Å². The average molecular weight is 296 g/mol. The molecule has 2 aromatic rings. The number of benzene rings is 2. The molecule has 115 valence electrons. The number of rotatable bonds is 4. The van der Waals surface area contributed by atoms with Gasteiger partial charge in [-0.2, -0.15) is 0 Å². The van der Waals surface area contributed by atoms with Crippen molar-refractivity contribution in [3.63, 3.8) is 0 Å². The van der Waals surface area contributed by atoms with Crippen LogP contribution in [-0.2, 0) is 0 Å². The van der Waals surface area contributed by atoms with Gasteiger partial charge in [-0.3, -0.25) is 0 Å². The largest absolute Gasteiger partial charge is 0.369 e. The summed E-state index contributed by atoms with van der Waals surface area (Å²) in [6, 6.07) is 18.2. The first-order valence-corrected chi connectivity index (χ1v) is 8.14. The molecule has 1 aliphatic rings. The molecule has 0 aromatic heterocycles. The summed E-state index contributed by atoms with van der Waals surface area (Å²) in [5, 5.41) is 0. The van der Waals surface area contributed by atoms with Crippen molar-refractivity contribution in [2.75, 3.05) is 11.4 Å². The Labute approximate surface area is 132 Å². The number of halogens is 1. The second-order valence-corrected chi connectivity index (χ2v) is 6.10. The van der Waals surface area contributed by atoms with E-state index in [1.165, 1.54) is 5.56 Å². The van der Waals surface area contributed by atoms with E-state index in [-0.39, 0.29) is 5.82 Å². The molecular formula is C20H23FN. The van der Waals surface area contributed by atoms with Crippen LogP contribution >= 0.6 is 0 Å². The highest BCUT2D eigenvalue weighted by atomic mass is 19.1. The van der Waals surface area contributed by atoms with Gasteiger partial charge >= 0.3 is 0 Å². The third-order valence-electron chi connectivity index (χ3n) is 4.68. The molecule has 2 aromatic carbocycles. The van der Waals surface area contributed by atoms with E-state index >= 15 is 0 Å². The van der Waals surface area contributed by atoms with E-state index < -0.39 is 0 Å². The SMILES string of the molecule is [CH2]CCC1CC(c2ccccc2)CCN1c1ccc(F)cc1. The van der Waals surface area contributed by atoms with E-state index in [0.717, 1.165) is 37.9 Å². The molecule has 0 spiro atoms. The van der Waals surface area contributed by atoms with Crippen LogP contribution in [-0.4, -0.2) is 12.6 Å². The van der Waals surface area contributed by atoms with Gasteiger partial charge in [0.25, 0.3) is 0 Å². The van der Waals surface area contributed by atoms with Gasteiger partial charge < -0.3 is 4.90 Å². The summed E-state index contributed by atoms with van der Waals surface area (Å²) in [5.41, 5.74) is 2.57. The fourth-order valence-corrected chi connectivity index (χ4v) is 3.56. The van der Waals surface area contributed by atoms with Gasteiger partial charge in [-0.05, 0) is 55.0 Å². The maximum Gasteiger partial charge on any atom is 0.123 e. The maximum atomic E-state index is 13.2. The smallest absolute Gasteiger partial charge is 0.123 e. The van der Waals surface area contributed by atoms with E-state index in [4.69, 9.17) is 0 Å². The van der Waals surface area contributed by atoms with Crippen molar-refractivity contribution in [3.05, 3.63) is 72.9 Å². The monoisotopic (exact) mass is 296 g/mol. The fourth-order valence-electron chi connectivity index (χ4n) is 3.56. The van der Waals surface area contributed by atoms with Crippen molar-refractivity contribution in [2.45, 2.75) is 37.6 Å². The lowest BCUT2D eigenvalue weighted by Gasteiger charge is -2.41. The quantitative estimate of drug-likeness (QED) is 0.750. The van der Waals surface area contributed by atoms with E-state index in [2.05, 4.69) is 42.2 Å². The zero-order chi connectivity index (χ0) is 15.4. The van der Waals surface area contributed by atoms with Crippen LogP contribution in [0.1, 0.15) is 37.2 Å². The first-order chi connectivity index (χ1) is 10.8. The lowest BCUT2D eigenvalue weighted by Crippen LogP contribution is -2.42. The molecule has 0 aliphatic carbocycles.